The lowest BCUT2D eigenvalue weighted by Gasteiger charge is -1.91. The largest absolute Gasteiger partial charge is 0.510 e. The third-order valence-electron chi connectivity index (χ3n) is 0.632. The minimum absolute atomic E-state index is 0.323. The van der Waals surface area contributed by atoms with Crippen molar-refractivity contribution >= 4 is 6.16 Å². The number of rotatable bonds is 2. The maximum absolute atomic E-state index is 9.71. The van der Waals surface area contributed by atoms with E-state index in [9.17, 15) is 4.79 Å². The molecule has 0 atom stereocenters. The number of hydrogen-bond donors (Lipinski definition) is 1. The van der Waals surface area contributed by atoms with Crippen molar-refractivity contribution < 1.29 is 14.6 Å². The Morgan fingerprint density at radius 1 is 1.67 bits per heavy atom. The van der Waals surface area contributed by atoms with Crippen molar-refractivity contribution in [2.45, 2.75) is 13.8 Å². The van der Waals surface area contributed by atoms with E-state index in [1.165, 1.54) is 6.26 Å². The van der Waals surface area contributed by atoms with E-state index in [0.29, 0.717) is 5.92 Å². The first kappa shape index (κ1) is 8.01. The summed E-state index contributed by atoms with van der Waals surface area (Å²) in [6.45, 7) is 3.86. The van der Waals surface area contributed by atoms with E-state index >= 15 is 0 Å². The molecule has 0 aliphatic carbocycles. The van der Waals surface area contributed by atoms with Crippen molar-refractivity contribution in [1.82, 2.24) is 0 Å². The first-order valence-corrected chi connectivity index (χ1v) is 2.69. The molecule has 52 valence electrons. The van der Waals surface area contributed by atoms with Gasteiger partial charge >= 0.3 is 6.16 Å². The summed E-state index contributed by atoms with van der Waals surface area (Å²) in [7, 11) is 0. The van der Waals surface area contributed by atoms with Crippen LogP contribution in [0, 0.1) is 5.92 Å². The quantitative estimate of drug-likeness (QED) is 0.458. The fourth-order valence-corrected chi connectivity index (χ4v) is 0.255. The minimum Gasteiger partial charge on any atom is -0.449 e. The lowest BCUT2D eigenvalue weighted by Crippen LogP contribution is -1.92. The first-order valence-electron chi connectivity index (χ1n) is 2.69. The van der Waals surface area contributed by atoms with E-state index in [4.69, 9.17) is 5.11 Å². The first-order chi connectivity index (χ1) is 4.13. The number of ether oxygens (including phenoxy) is 1. The van der Waals surface area contributed by atoms with Crippen LogP contribution in [0.25, 0.3) is 0 Å². The summed E-state index contributed by atoms with van der Waals surface area (Å²) < 4.78 is 4.09. The zero-order valence-electron chi connectivity index (χ0n) is 5.50. The van der Waals surface area contributed by atoms with Gasteiger partial charge in [-0.25, -0.2) is 4.79 Å². The summed E-state index contributed by atoms with van der Waals surface area (Å²) >= 11 is 0. The highest BCUT2D eigenvalue weighted by molar-refractivity contribution is 5.57. The standard InChI is InChI=1S/C6H10O3/c1-5(2)3-4-9-6(7)8/h3-5H,1-2H3,(H,7,8). The molecule has 0 saturated heterocycles. The molecule has 0 amide bonds. The third-order valence-corrected chi connectivity index (χ3v) is 0.632. The number of hydrogen-bond acceptors (Lipinski definition) is 2. The molecule has 0 aromatic carbocycles. The van der Waals surface area contributed by atoms with Crippen molar-refractivity contribution in [3.05, 3.63) is 12.3 Å². The predicted octanol–water partition coefficient (Wildman–Crippen LogP) is 1.85. The minimum atomic E-state index is -1.27. The fraction of sp³-hybridized carbons (Fsp3) is 0.500. The Bertz CT molecular complexity index is 115. The average Bonchev–Trinajstić information content (AvgIpc) is 1.63. The van der Waals surface area contributed by atoms with Gasteiger partial charge in [-0.3, -0.25) is 0 Å². The van der Waals surface area contributed by atoms with Gasteiger partial charge in [-0.2, -0.15) is 0 Å². The van der Waals surface area contributed by atoms with Crippen LogP contribution in [0.4, 0.5) is 4.79 Å². The van der Waals surface area contributed by atoms with Crippen LogP contribution in [-0.4, -0.2) is 11.3 Å². The smallest absolute Gasteiger partial charge is 0.449 e. The van der Waals surface area contributed by atoms with Gasteiger partial charge in [0.05, 0.1) is 6.26 Å². The lowest BCUT2D eigenvalue weighted by molar-refractivity contribution is 0.127. The molecule has 0 aromatic heterocycles. The topological polar surface area (TPSA) is 46.5 Å². The van der Waals surface area contributed by atoms with Crippen molar-refractivity contribution in [3.8, 4) is 0 Å². The molecule has 0 unspecified atom stereocenters. The fourth-order valence-electron chi connectivity index (χ4n) is 0.255. The van der Waals surface area contributed by atoms with Gasteiger partial charge in [0.25, 0.3) is 0 Å². The monoisotopic (exact) mass is 130 g/mol. The van der Waals surface area contributed by atoms with Gasteiger partial charge in [0.15, 0.2) is 0 Å². The zero-order valence-corrected chi connectivity index (χ0v) is 5.50. The number of allylic oxidation sites excluding steroid dienone is 1. The van der Waals surface area contributed by atoms with E-state index < -0.39 is 6.16 Å². The molecule has 3 nitrogen and oxygen atoms in total. The van der Waals surface area contributed by atoms with Gasteiger partial charge < -0.3 is 9.84 Å². The Kier molecular flexibility index (Phi) is 3.51. The number of carbonyl (C=O) groups is 1. The maximum Gasteiger partial charge on any atom is 0.510 e. The highest BCUT2D eigenvalue weighted by atomic mass is 16.7. The van der Waals surface area contributed by atoms with Gasteiger partial charge in [-0.15, -0.1) is 0 Å². The summed E-state index contributed by atoms with van der Waals surface area (Å²) in [5.41, 5.74) is 0. The molecule has 0 aliphatic heterocycles. The highest BCUT2D eigenvalue weighted by Crippen LogP contribution is 1.93. The van der Waals surface area contributed by atoms with Crippen molar-refractivity contribution in [2.75, 3.05) is 0 Å². The van der Waals surface area contributed by atoms with E-state index in [1.54, 1.807) is 6.08 Å². The molecule has 0 heterocycles. The molecule has 0 spiro atoms. The van der Waals surface area contributed by atoms with Gasteiger partial charge in [-0.05, 0) is 12.0 Å². The second kappa shape index (κ2) is 3.95. The Morgan fingerprint density at radius 3 is 2.56 bits per heavy atom. The van der Waals surface area contributed by atoms with Gasteiger partial charge in [-0.1, -0.05) is 13.8 Å². The summed E-state index contributed by atoms with van der Waals surface area (Å²) in [5, 5.41) is 7.95. The second-order valence-corrected chi connectivity index (χ2v) is 1.96. The SMILES string of the molecule is CC(C)C=COC(=O)O. The predicted molar refractivity (Wildman–Crippen MR) is 33.1 cm³/mol. The Morgan fingerprint density at radius 2 is 2.22 bits per heavy atom. The van der Waals surface area contributed by atoms with Crippen LogP contribution in [0.15, 0.2) is 12.3 Å². The van der Waals surface area contributed by atoms with Gasteiger partial charge in [0.1, 0.15) is 0 Å². The molecular formula is C6H10O3. The van der Waals surface area contributed by atoms with Crippen molar-refractivity contribution in [1.29, 1.82) is 0 Å². The summed E-state index contributed by atoms with van der Waals surface area (Å²) in [5.74, 6) is 0.323. The maximum atomic E-state index is 9.71. The van der Waals surface area contributed by atoms with Crippen LogP contribution in [0.2, 0.25) is 0 Å². The molecule has 0 radical (unpaired) electrons. The van der Waals surface area contributed by atoms with Crippen LogP contribution in [0.5, 0.6) is 0 Å². The van der Waals surface area contributed by atoms with Crippen LogP contribution in [-0.2, 0) is 4.74 Å². The zero-order chi connectivity index (χ0) is 7.28. The molecule has 1 N–H and O–H groups in total. The Hall–Kier alpha value is -0.990. The van der Waals surface area contributed by atoms with Crippen LogP contribution in [0.3, 0.4) is 0 Å². The molecule has 3 heteroatoms. The number of carboxylic acid groups (broad SMARTS) is 1. The van der Waals surface area contributed by atoms with E-state index in [1.807, 2.05) is 13.8 Å². The molecule has 0 fully saturated rings. The second-order valence-electron chi connectivity index (χ2n) is 1.96. The summed E-state index contributed by atoms with van der Waals surface area (Å²) in [6, 6.07) is 0. The molecular weight excluding hydrogens is 120 g/mol. The Labute approximate surface area is 53.9 Å². The van der Waals surface area contributed by atoms with Crippen LogP contribution in [0.1, 0.15) is 13.8 Å². The van der Waals surface area contributed by atoms with Gasteiger partial charge in [0.2, 0.25) is 0 Å². The van der Waals surface area contributed by atoms with Crippen molar-refractivity contribution in [2.24, 2.45) is 5.92 Å². The van der Waals surface area contributed by atoms with Gasteiger partial charge in [0, 0.05) is 0 Å². The van der Waals surface area contributed by atoms with Crippen LogP contribution >= 0.6 is 0 Å². The molecule has 0 aliphatic rings. The Balaban J connectivity index is 3.36. The molecule has 0 aromatic rings. The molecule has 9 heavy (non-hydrogen) atoms. The van der Waals surface area contributed by atoms with E-state index in [2.05, 4.69) is 4.74 Å². The normalized spacial score (nSPS) is 10.6. The average molecular weight is 130 g/mol. The summed E-state index contributed by atoms with van der Waals surface area (Å²) in [6.07, 6.45) is 1.56. The van der Waals surface area contributed by atoms with Crippen LogP contribution < -0.4 is 0 Å². The molecule has 0 rings (SSSR count). The summed E-state index contributed by atoms with van der Waals surface area (Å²) in [4.78, 5) is 9.71. The molecule has 0 saturated carbocycles. The van der Waals surface area contributed by atoms with E-state index in [-0.39, 0.29) is 0 Å². The highest BCUT2D eigenvalue weighted by Gasteiger charge is 1.89. The van der Waals surface area contributed by atoms with Crippen molar-refractivity contribution in [3.63, 3.8) is 0 Å². The lowest BCUT2D eigenvalue weighted by atomic mass is 10.2. The molecule has 0 bridgehead atoms. The van der Waals surface area contributed by atoms with E-state index in [0.717, 1.165) is 0 Å². The third kappa shape index (κ3) is 7.01.